The number of hydrogen-bond donors (Lipinski definition) is 1. The highest BCUT2D eigenvalue weighted by molar-refractivity contribution is 6.00. The second-order valence-corrected chi connectivity index (χ2v) is 8.49. The largest absolute Gasteiger partial charge is 0.368 e. The molecule has 4 aromatic rings. The first-order valence-electron chi connectivity index (χ1n) is 11.2. The molecular weight excluding hydrogens is 420 g/mol. The minimum absolute atomic E-state index is 0.0125. The summed E-state index contributed by atoms with van der Waals surface area (Å²) in [6.07, 6.45) is 2.64. The molecule has 1 fully saturated rings. The van der Waals surface area contributed by atoms with Crippen molar-refractivity contribution in [3.63, 3.8) is 0 Å². The molecule has 1 unspecified atom stereocenters. The van der Waals surface area contributed by atoms with Crippen molar-refractivity contribution in [1.82, 2.24) is 9.88 Å². The number of fused-ring (bicyclic) bond motifs is 1. The lowest BCUT2D eigenvalue weighted by atomic mass is 9.99. The van der Waals surface area contributed by atoms with Crippen LogP contribution in [0.25, 0.3) is 10.9 Å². The molecule has 33 heavy (non-hydrogen) atoms. The van der Waals surface area contributed by atoms with Gasteiger partial charge in [-0.2, -0.15) is 0 Å². The molecule has 1 N–H and O–H groups in total. The Bertz CT molecular complexity index is 1250. The third-order valence-electron chi connectivity index (χ3n) is 6.43. The molecule has 0 spiro atoms. The van der Waals surface area contributed by atoms with Crippen LogP contribution in [0.4, 0.5) is 14.5 Å². The summed E-state index contributed by atoms with van der Waals surface area (Å²) in [5.74, 6) is -0.623. The van der Waals surface area contributed by atoms with Crippen LogP contribution in [0.2, 0.25) is 0 Å². The smallest absolute Gasteiger partial charge is 0.181 e. The van der Waals surface area contributed by atoms with E-state index in [4.69, 9.17) is 0 Å². The van der Waals surface area contributed by atoms with E-state index in [-0.39, 0.29) is 23.5 Å². The van der Waals surface area contributed by atoms with Crippen LogP contribution in [0.1, 0.15) is 15.9 Å². The first-order chi connectivity index (χ1) is 16.1. The fourth-order valence-corrected chi connectivity index (χ4v) is 4.54. The van der Waals surface area contributed by atoms with Crippen molar-refractivity contribution in [3.05, 3.63) is 102 Å². The van der Waals surface area contributed by atoms with E-state index in [2.05, 4.69) is 33.0 Å². The number of nitrogens with one attached hydrogen (secondary N) is 1. The highest BCUT2D eigenvalue weighted by Crippen LogP contribution is 2.25. The molecule has 1 aliphatic rings. The SMILES string of the molecule is O=C(c1ccc(F)cc1)C1CN(c2ccc3[nH]ccc3c2)CCN1CCc1ccc(F)cc1. The number of ketones is 1. The van der Waals surface area contributed by atoms with Gasteiger partial charge < -0.3 is 9.88 Å². The van der Waals surface area contributed by atoms with Crippen molar-refractivity contribution in [2.45, 2.75) is 12.5 Å². The van der Waals surface area contributed by atoms with Crippen molar-refractivity contribution in [1.29, 1.82) is 0 Å². The minimum atomic E-state index is -0.357. The Kier molecular flexibility index (Phi) is 5.92. The number of carbonyl (C=O) groups excluding carboxylic acids is 1. The van der Waals surface area contributed by atoms with Crippen LogP contribution in [-0.2, 0) is 6.42 Å². The number of aromatic amines is 1. The molecular formula is C27H25F2N3O. The van der Waals surface area contributed by atoms with Gasteiger partial charge in [-0.1, -0.05) is 12.1 Å². The van der Waals surface area contributed by atoms with Gasteiger partial charge >= 0.3 is 0 Å². The van der Waals surface area contributed by atoms with E-state index >= 15 is 0 Å². The molecule has 0 radical (unpaired) electrons. The van der Waals surface area contributed by atoms with E-state index < -0.39 is 0 Å². The fraction of sp³-hybridized carbons (Fsp3) is 0.222. The van der Waals surface area contributed by atoms with Crippen molar-refractivity contribution < 1.29 is 13.6 Å². The molecule has 168 valence electrons. The summed E-state index contributed by atoms with van der Waals surface area (Å²) < 4.78 is 26.7. The first-order valence-corrected chi connectivity index (χ1v) is 11.2. The number of nitrogens with zero attached hydrogens (tertiary/aromatic N) is 2. The lowest BCUT2D eigenvalue weighted by Crippen LogP contribution is -2.57. The second kappa shape index (κ2) is 9.16. The summed E-state index contributed by atoms with van der Waals surface area (Å²) in [6, 6.07) is 20.2. The molecule has 0 aliphatic carbocycles. The van der Waals surface area contributed by atoms with Crippen LogP contribution in [0.5, 0.6) is 0 Å². The second-order valence-electron chi connectivity index (χ2n) is 8.49. The Morgan fingerprint density at radius 2 is 1.64 bits per heavy atom. The number of hydrogen-bond acceptors (Lipinski definition) is 3. The third kappa shape index (κ3) is 4.66. The van der Waals surface area contributed by atoms with Crippen LogP contribution < -0.4 is 4.90 Å². The van der Waals surface area contributed by atoms with Gasteiger partial charge in [-0.25, -0.2) is 8.78 Å². The Morgan fingerprint density at radius 1 is 0.909 bits per heavy atom. The van der Waals surface area contributed by atoms with E-state index in [0.717, 1.165) is 41.7 Å². The minimum Gasteiger partial charge on any atom is -0.368 e. The Balaban J connectivity index is 1.38. The Labute approximate surface area is 191 Å². The van der Waals surface area contributed by atoms with E-state index in [0.29, 0.717) is 18.7 Å². The third-order valence-corrected chi connectivity index (χ3v) is 6.43. The molecule has 1 saturated heterocycles. The van der Waals surface area contributed by atoms with Gasteiger partial charge in [-0.15, -0.1) is 0 Å². The molecule has 0 amide bonds. The van der Waals surface area contributed by atoms with E-state index in [1.807, 2.05) is 12.3 Å². The molecule has 3 aromatic carbocycles. The van der Waals surface area contributed by atoms with Crippen LogP contribution in [0, 0.1) is 11.6 Å². The fourth-order valence-electron chi connectivity index (χ4n) is 4.54. The number of rotatable bonds is 6. The Hall–Kier alpha value is -3.51. The summed E-state index contributed by atoms with van der Waals surface area (Å²) in [5, 5.41) is 1.13. The standard InChI is InChI=1S/C27H25F2N3O/c28-22-5-1-19(2-6-22)12-14-31-15-16-32(24-9-10-25-21(17-24)11-13-30-25)18-26(31)27(33)20-3-7-23(29)8-4-20/h1-11,13,17,26,30H,12,14-16,18H2. The molecule has 4 nitrogen and oxygen atoms in total. The van der Waals surface area contributed by atoms with Crippen molar-refractivity contribution >= 4 is 22.4 Å². The number of piperazine rings is 1. The van der Waals surface area contributed by atoms with E-state index in [1.54, 1.807) is 24.3 Å². The molecule has 2 heterocycles. The summed E-state index contributed by atoms with van der Waals surface area (Å²) in [4.78, 5) is 21.1. The summed E-state index contributed by atoms with van der Waals surface area (Å²) in [7, 11) is 0. The van der Waals surface area contributed by atoms with E-state index in [1.165, 1.54) is 24.3 Å². The normalized spacial score (nSPS) is 16.9. The average molecular weight is 446 g/mol. The zero-order valence-electron chi connectivity index (χ0n) is 18.2. The van der Waals surface area contributed by atoms with Gasteiger partial charge in [0, 0.05) is 54.5 Å². The zero-order valence-corrected chi connectivity index (χ0v) is 18.2. The van der Waals surface area contributed by atoms with Crippen LogP contribution in [0.3, 0.4) is 0 Å². The monoisotopic (exact) mass is 445 g/mol. The number of aromatic nitrogens is 1. The maximum atomic E-state index is 13.5. The zero-order chi connectivity index (χ0) is 22.8. The predicted octanol–water partition coefficient (Wildman–Crippen LogP) is 5.06. The summed E-state index contributed by atoms with van der Waals surface area (Å²) >= 11 is 0. The maximum Gasteiger partial charge on any atom is 0.181 e. The summed E-state index contributed by atoms with van der Waals surface area (Å²) in [6.45, 7) is 2.76. The molecule has 0 bridgehead atoms. The van der Waals surface area contributed by atoms with Gasteiger partial charge in [0.25, 0.3) is 0 Å². The number of Topliss-reactive ketones (excluding diaryl/α,β-unsaturated/α-hetero) is 1. The average Bonchev–Trinajstić information content (AvgIpc) is 3.32. The molecule has 6 heteroatoms. The quantitative estimate of drug-likeness (QED) is 0.422. The Morgan fingerprint density at radius 3 is 2.39 bits per heavy atom. The lowest BCUT2D eigenvalue weighted by molar-refractivity contribution is 0.0798. The van der Waals surface area contributed by atoms with Crippen LogP contribution >= 0.6 is 0 Å². The molecule has 5 rings (SSSR count). The van der Waals surface area contributed by atoms with Gasteiger partial charge in [0.2, 0.25) is 0 Å². The van der Waals surface area contributed by atoms with Crippen LogP contribution in [0.15, 0.2) is 79.0 Å². The number of carbonyl (C=O) groups is 1. The molecule has 1 aromatic heterocycles. The number of benzene rings is 3. The molecule has 1 aliphatic heterocycles. The predicted molar refractivity (Wildman–Crippen MR) is 127 cm³/mol. The highest BCUT2D eigenvalue weighted by Gasteiger charge is 2.33. The van der Waals surface area contributed by atoms with Gasteiger partial charge in [-0.05, 0) is 72.6 Å². The molecule has 0 saturated carbocycles. The van der Waals surface area contributed by atoms with Crippen LogP contribution in [-0.4, -0.2) is 47.9 Å². The molecule has 1 atom stereocenters. The van der Waals surface area contributed by atoms with Gasteiger partial charge in [0.15, 0.2) is 5.78 Å². The van der Waals surface area contributed by atoms with E-state index in [9.17, 15) is 13.6 Å². The topological polar surface area (TPSA) is 39.3 Å². The summed E-state index contributed by atoms with van der Waals surface area (Å²) in [5.41, 5.74) is 3.70. The van der Waals surface area contributed by atoms with Crippen molar-refractivity contribution in [3.8, 4) is 0 Å². The van der Waals surface area contributed by atoms with Crippen molar-refractivity contribution in [2.24, 2.45) is 0 Å². The number of halogens is 2. The first kappa shape index (κ1) is 21.3. The van der Waals surface area contributed by atoms with Gasteiger partial charge in [0.05, 0.1) is 6.04 Å². The number of anilines is 1. The highest BCUT2D eigenvalue weighted by atomic mass is 19.1. The van der Waals surface area contributed by atoms with Gasteiger partial charge in [-0.3, -0.25) is 9.69 Å². The maximum absolute atomic E-state index is 13.5. The van der Waals surface area contributed by atoms with Crippen molar-refractivity contribution in [2.75, 3.05) is 31.1 Å². The number of H-pyrrole nitrogens is 1. The lowest BCUT2D eigenvalue weighted by Gasteiger charge is -2.42. The van der Waals surface area contributed by atoms with Gasteiger partial charge in [0.1, 0.15) is 11.6 Å².